The van der Waals surface area contributed by atoms with Gasteiger partial charge in [-0.15, -0.1) is 0 Å². The van der Waals surface area contributed by atoms with Gasteiger partial charge < -0.3 is 10.5 Å². The van der Waals surface area contributed by atoms with Crippen LogP contribution < -0.4 is 10.6 Å². The van der Waals surface area contributed by atoms with Crippen molar-refractivity contribution in [3.05, 3.63) is 65.4 Å². The van der Waals surface area contributed by atoms with Crippen molar-refractivity contribution in [3.63, 3.8) is 0 Å². The standard InChI is InChI=1S/C25H27N5O2/c1-15-10-17(8-9-27-15)25-30(23(14-32-25)24(26)31)22-11-18-13-29(19-4-2-3-5-19)28-21(18)12-20(22)16-6-7-16/h8-14,16,19,25H,2-7H2,1H3,(H2,26,31). The first-order chi connectivity index (χ1) is 15.6. The van der Waals surface area contributed by atoms with Crippen LogP contribution in [0.4, 0.5) is 5.69 Å². The molecule has 2 N–H and O–H groups in total. The number of amides is 1. The zero-order chi connectivity index (χ0) is 21.8. The molecule has 3 aromatic rings. The molecule has 7 nitrogen and oxygen atoms in total. The van der Waals surface area contributed by atoms with E-state index in [0.717, 1.165) is 40.7 Å². The predicted octanol–water partition coefficient (Wildman–Crippen LogP) is 4.59. The van der Waals surface area contributed by atoms with Gasteiger partial charge in [-0.05, 0) is 68.4 Å². The summed E-state index contributed by atoms with van der Waals surface area (Å²) in [5.74, 6) is -0.0256. The first kappa shape index (κ1) is 19.3. The molecule has 2 fully saturated rings. The van der Waals surface area contributed by atoms with E-state index in [1.54, 1.807) is 6.20 Å². The van der Waals surface area contributed by atoms with Crippen molar-refractivity contribution in [3.8, 4) is 0 Å². The number of hydrogen-bond acceptors (Lipinski definition) is 5. The van der Waals surface area contributed by atoms with E-state index in [1.807, 2.05) is 24.0 Å². The van der Waals surface area contributed by atoms with Crippen LogP contribution in [0.2, 0.25) is 0 Å². The lowest BCUT2D eigenvalue weighted by molar-refractivity contribution is -0.114. The number of carbonyl (C=O) groups excluding carboxylic acids is 1. The maximum absolute atomic E-state index is 12.4. The third kappa shape index (κ3) is 3.23. The molecule has 0 radical (unpaired) electrons. The fourth-order valence-corrected chi connectivity index (χ4v) is 5.14. The molecule has 3 heterocycles. The summed E-state index contributed by atoms with van der Waals surface area (Å²) < 4.78 is 8.15. The topological polar surface area (TPSA) is 86.3 Å². The zero-order valence-corrected chi connectivity index (χ0v) is 18.2. The highest BCUT2D eigenvalue weighted by molar-refractivity contribution is 5.98. The Morgan fingerprint density at radius 2 is 1.97 bits per heavy atom. The van der Waals surface area contributed by atoms with Crippen molar-refractivity contribution in [1.29, 1.82) is 0 Å². The van der Waals surface area contributed by atoms with Crippen LogP contribution in [0.5, 0.6) is 0 Å². The highest BCUT2D eigenvalue weighted by Gasteiger charge is 2.38. The Bertz CT molecular complexity index is 1240. The van der Waals surface area contributed by atoms with E-state index < -0.39 is 12.1 Å². The molecule has 1 amide bonds. The third-order valence-electron chi connectivity index (χ3n) is 6.91. The minimum atomic E-state index is -0.498. The zero-order valence-electron chi connectivity index (χ0n) is 18.2. The number of ether oxygens (including phenoxy) is 1. The van der Waals surface area contributed by atoms with Gasteiger partial charge in [-0.25, -0.2) is 0 Å². The third-order valence-corrected chi connectivity index (χ3v) is 6.91. The molecule has 1 aliphatic heterocycles. The maximum atomic E-state index is 12.4. The van der Waals surface area contributed by atoms with Crippen molar-refractivity contribution >= 4 is 22.5 Å². The van der Waals surface area contributed by atoms with Gasteiger partial charge in [0.1, 0.15) is 12.0 Å². The number of anilines is 1. The molecule has 6 rings (SSSR count). The first-order valence-electron chi connectivity index (χ1n) is 11.5. The molecule has 1 unspecified atom stereocenters. The summed E-state index contributed by atoms with van der Waals surface area (Å²) in [6.07, 6.45) is 12.2. The summed E-state index contributed by atoms with van der Waals surface area (Å²) in [6, 6.07) is 8.77. The predicted molar refractivity (Wildman–Crippen MR) is 122 cm³/mol. The number of carbonyl (C=O) groups is 1. The largest absolute Gasteiger partial charge is 0.471 e. The molecule has 164 valence electrons. The van der Waals surface area contributed by atoms with Crippen molar-refractivity contribution in [2.75, 3.05) is 4.90 Å². The fraction of sp³-hybridized carbons (Fsp3) is 0.400. The van der Waals surface area contributed by atoms with Crippen molar-refractivity contribution in [2.45, 2.75) is 63.6 Å². The van der Waals surface area contributed by atoms with Gasteiger partial charge in [-0.1, -0.05) is 12.8 Å². The molecule has 2 aliphatic carbocycles. The van der Waals surface area contributed by atoms with Gasteiger partial charge >= 0.3 is 0 Å². The Labute approximate surface area is 186 Å². The van der Waals surface area contributed by atoms with Crippen LogP contribution in [0.15, 0.2) is 48.6 Å². The lowest BCUT2D eigenvalue weighted by Crippen LogP contribution is -2.31. The van der Waals surface area contributed by atoms with E-state index in [1.165, 1.54) is 37.5 Å². The second-order valence-electron chi connectivity index (χ2n) is 9.25. The minimum Gasteiger partial charge on any atom is -0.471 e. The van der Waals surface area contributed by atoms with Crippen LogP contribution in [0.3, 0.4) is 0 Å². The molecular weight excluding hydrogens is 402 g/mol. The normalized spacial score (nSPS) is 21.2. The maximum Gasteiger partial charge on any atom is 0.268 e. The van der Waals surface area contributed by atoms with Crippen molar-refractivity contribution in [1.82, 2.24) is 14.8 Å². The number of fused-ring (bicyclic) bond motifs is 1. The van der Waals surface area contributed by atoms with E-state index in [9.17, 15) is 4.79 Å². The average molecular weight is 430 g/mol. The molecule has 0 spiro atoms. The second-order valence-corrected chi connectivity index (χ2v) is 9.25. The quantitative estimate of drug-likeness (QED) is 0.641. The van der Waals surface area contributed by atoms with E-state index in [-0.39, 0.29) is 0 Å². The van der Waals surface area contributed by atoms with Crippen LogP contribution in [-0.4, -0.2) is 20.7 Å². The molecule has 3 aliphatic rings. The number of pyridine rings is 1. The Morgan fingerprint density at radius 1 is 1.16 bits per heavy atom. The summed E-state index contributed by atoms with van der Waals surface area (Å²) in [7, 11) is 0. The number of nitrogens with zero attached hydrogens (tertiary/aromatic N) is 4. The van der Waals surface area contributed by atoms with Crippen molar-refractivity contribution in [2.24, 2.45) is 5.73 Å². The molecule has 2 saturated carbocycles. The number of hydrogen-bond donors (Lipinski definition) is 1. The minimum absolute atomic E-state index is 0.369. The Morgan fingerprint density at radius 3 is 2.69 bits per heavy atom. The molecule has 1 atom stereocenters. The lowest BCUT2D eigenvalue weighted by Gasteiger charge is -2.29. The Balaban J connectivity index is 1.49. The molecular formula is C25H27N5O2. The van der Waals surface area contributed by atoms with Crippen LogP contribution in [0.25, 0.3) is 10.9 Å². The molecule has 32 heavy (non-hydrogen) atoms. The van der Waals surface area contributed by atoms with Gasteiger partial charge in [0.25, 0.3) is 5.91 Å². The van der Waals surface area contributed by atoms with Gasteiger partial charge in [0.2, 0.25) is 6.23 Å². The Kier molecular flexibility index (Phi) is 4.45. The fourth-order valence-electron chi connectivity index (χ4n) is 5.14. The van der Waals surface area contributed by atoms with Crippen LogP contribution in [0, 0.1) is 6.92 Å². The monoisotopic (exact) mass is 429 g/mol. The van der Waals surface area contributed by atoms with E-state index in [0.29, 0.717) is 17.7 Å². The lowest BCUT2D eigenvalue weighted by atomic mass is 10.0. The molecule has 7 heteroatoms. The highest BCUT2D eigenvalue weighted by atomic mass is 16.5. The second kappa shape index (κ2) is 7.36. The van der Waals surface area contributed by atoms with Crippen LogP contribution in [-0.2, 0) is 9.53 Å². The van der Waals surface area contributed by atoms with Gasteiger partial charge in [0.15, 0.2) is 0 Å². The molecule has 1 aromatic carbocycles. The van der Waals surface area contributed by atoms with Crippen LogP contribution >= 0.6 is 0 Å². The van der Waals surface area contributed by atoms with Crippen molar-refractivity contribution < 1.29 is 9.53 Å². The van der Waals surface area contributed by atoms with E-state index in [4.69, 9.17) is 15.6 Å². The summed E-state index contributed by atoms with van der Waals surface area (Å²) in [5.41, 5.74) is 11.2. The van der Waals surface area contributed by atoms with E-state index in [2.05, 4.69) is 28.0 Å². The molecule has 0 bridgehead atoms. The van der Waals surface area contributed by atoms with Gasteiger partial charge in [0, 0.05) is 34.7 Å². The number of nitrogens with two attached hydrogens (primary N) is 1. The molecule has 2 aromatic heterocycles. The smallest absolute Gasteiger partial charge is 0.268 e. The first-order valence-corrected chi connectivity index (χ1v) is 11.5. The van der Waals surface area contributed by atoms with Gasteiger partial charge in [0.05, 0.1) is 11.6 Å². The number of benzene rings is 1. The summed E-state index contributed by atoms with van der Waals surface area (Å²) in [6.45, 7) is 1.95. The van der Waals surface area contributed by atoms with Gasteiger partial charge in [-0.2, -0.15) is 5.10 Å². The average Bonchev–Trinajstić information content (AvgIpc) is 3.19. The summed E-state index contributed by atoms with van der Waals surface area (Å²) in [4.78, 5) is 18.6. The SMILES string of the molecule is Cc1cc(C2OC=C(C(N)=O)N2c2cc3cn(C4CCCC4)nc3cc2C2CC2)ccn1. The number of rotatable bonds is 5. The van der Waals surface area contributed by atoms with Gasteiger partial charge in [-0.3, -0.25) is 19.4 Å². The van der Waals surface area contributed by atoms with E-state index >= 15 is 0 Å². The summed E-state index contributed by atoms with van der Waals surface area (Å²) in [5, 5.41) is 6.01. The van der Waals surface area contributed by atoms with Crippen LogP contribution in [0.1, 0.15) is 73.5 Å². The summed E-state index contributed by atoms with van der Waals surface area (Å²) >= 11 is 0. The number of primary amides is 1. The molecule has 0 saturated heterocycles. The number of aryl methyl sites for hydroxylation is 1. The number of aromatic nitrogens is 3. The highest BCUT2D eigenvalue weighted by Crippen LogP contribution is 2.49. The Hall–Kier alpha value is -3.35.